The molecular formula is C14H19N3O2S. The molecule has 1 aromatic heterocycles. The highest BCUT2D eigenvalue weighted by Crippen LogP contribution is 2.18. The van der Waals surface area contributed by atoms with Crippen LogP contribution in [0.1, 0.15) is 29.8 Å². The predicted octanol–water partition coefficient (Wildman–Crippen LogP) is 2.11. The molecule has 1 atom stereocenters. The predicted molar refractivity (Wildman–Crippen MR) is 78.1 cm³/mol. The quantitative estimate of drug-likeness (QED) is 0.886. The lowest BCUT2D eigenvalue weighted by Crippen LogP contribution is -2.28. The normalized spacial score (nSPS) is 13.3. The molecule has 0 spiro atoms. The average molecular weight is 293 g/mol. The maximum absolute atomic E-state index is 12.3. The van der Waals surface area contributed by atoms with Gasteiger partial charge in [0, 0.05) is 6.54 Å². The zero-order chi connectivity index (χ0) is 14.8. The van der Waals surface area contributed by atoms with E-state index in [2.05, 4.69) is 14.9 Å². The van der Waals surface area contributed by atoms with Gasteiger partial charge in [-0.25, -0.2) is 13.1 Å². The number of aromatic amines is 1. The van der Waals surface area contributed by atoms with Crippen LogP contribution < -0.4 is 4.72 Å². The molecule has 1 unspecified atom stereocenters. The second kappa shape index (κ2) is 5.76. The first-order valence-electron chi connectivity index (χ1n) is 6.48. The molecule has 0 amide bonds. The standard InChI is InChI=1S/C14H19N3O2S/c1-10(13-7-5-4-6-8-13)9-15-20(18,19)14-11(2)16-17-12(14)3/h4-8,10,15H,9H2,1-3H3,(H,16,17). The lowest BCUT2D eigenvalue weighted by atomic mass is 10.0. The van der Waals surface area contributed by atoms with Gasteiger partial charge in [-0.15, -0.1) is 0 Å². The molecule has 0 fully saturated rings. The summed E-state index contributed by atoms with van der Waals surface area (Å²) in [6, 6.07) is 9.83. The van der Waals surface area contributed by atoms with Gasteiger partial charge in [0.1, 0.15) is 4.90 Å². The van der Waals surface area contributed by atoms with Gasteiger partial charge in [0.2, 0.25) is 10.0 Å². The van der Waals surface area contributed by atoms with Crippen LogP contribution >= 0.6 is 0 Å². The molecule has 20 heavy (non-hydrogen) atoms. The molecule has 2 rings (SSSR count). The molecule has 1 heterocycles. The van der Waals surface area contributed by atoms with Crippen molar-refractivity contribution in [1.29, 1.82) is 0 Å². The number of nitrogens with zero attached hydrogens (tertiary/aromatic N) is 1. The second-order valence-electron chi connectivity index (χ2n) is 4.93. The molecule has 108 valence electrons. The lowest BCUT2D eigenvalue weighted by Gasteiger charge is -2.13. The number of hydrogen-bond donors (Lipinski definition) is 2. The molecular weight excluding hydrogens is 274 g/mol. The number of sulfonamides is 1. The van der Waals surface area contributed by atoms with Crippen molar-refractivity contribution in [1.82, 2.24) is 14.9 Å². The SMILES string of the molecule is Cc1n[nH]c(C)c1S(=O)(=O)NCC(C)c1ccccc1. The molecule has 1 aromatic carbocycles. The largest absolute Gasteiger partial charge is 0.281 e. The van der Waals surface area contributed by atoms with Crippen LogP contribution in [-0.4, -0.2) is 25.2 Å². The van der Waals surface area contributed by atoms with Gasteiger partial charge in [-0.2, -0.15) is 5.10 Å². The van der Waals surface area contributed by atoms with Crippen molar-refractivity contribution >= 4 is 10.0 Å². The van der Waals surface area contributed by atoms with Crippen molar-refractivity contribution in [2.75, 3.05) is 6.54 Å². The summed E-state index contributed by atoms with van der Waals surface area (Å²) in [5.41, 5.74) is 2.15. The summed E-state index contributed by atoms with van der Waals surface area (Å²) in [4.78, 5) is 0.248. The molecule has 2 N–H and O–H groups in total. The third kappa shape index (κ3) is 3.08. The smallest absolute Gasteiger partial charge is 0.244 e. The monoisotopic (exact) mass is 293 g/mol. The first-order chi connectivity index (χ1) is 9.42. The average Bonchev–Trinajstić information content (AvgIpc) is 2.77. The van der Waals surface area contributed by atoms with E-state index in [1.807, 2.05) is 37.3 Å². The van der Waals surface area contributed by atoms with Crippen molar-refractivity contribution in [2.24, 2.45) is 0 Å². The maximum Gasteiger partial charge on any atom is 0.244 e. The van der Waals surface area contributed by atoms with Crippen LogP contribution in [0.2, 0.25) is 0 Å². The number of nitrogens with one attached hydrogen (secondary N) is 2. The summed E-state index contributed by atoms with van der Waals surface area (Å²) in [5, 5.41) is 6.62. The Hall–Kier alpha value is -1.66. The first kappa shape index (κ1) is 14.7. The molecule has 6 heteroatoms. The van der Waals surface area contributed by atoms with Crippen LogP contribution in [0.15, 0.2) is 35.2 Å². The van der Waals surface area contributed by atoms with Gasteiger partial charge in [-0.3, -0.25) is 5.10 Å². The summed E-state index contributed by atoms with van der Waals surface area (Å²) in [5.74, 6) is 0.110. The third-order valence-electron chi connectivity index (χ3n) is 3.28. The van der Waals surface area contributed by atoms with E-state index in [-0.39, 0.29) is 10.8 Å². The zero-order valence-electron chi connectivity index (χ0n) is 11.8. The maximum atomic E-state index is 12.3. The van der Waals surface area contributed by atoms with Crippen molar-refractivity contribution in [3.63, 3.8) is 0 Å². The van der Waals surface area contributed by atoms with Crippen LogP contribution in [0.25, 0.3) is 0 Å². The third-order valence-corrected chi connectivity index (χ3v) is 4.96. The Kier molecular flexibility index (Phi) is 4.25. The van der Waals surface area contributed by atoms with Gasteiger partial charge in [0.25, 0.3) is 0 Å². The van der Waals surface area contributed by atoms with Crippen LogP contribution in [-0.2, 0) is 10.0 Å². The highest BCUT2D eigenvalue weighted by atomic mass is 32.2. The van der Waals surface area contributed by atoms with Crippen molar-refractivity contribution in [3.05, 3.63) is 47.3 Å². The lowest BCUT2D eigenvalue weighted by molar-refractivity contribution is 0.574. The number of hydrogen-bond acceptors (Lipinski definition) is 3. The summed E-state index contributed by atoms with van der Waals surface area (Å²) in [6.45, 7) is 5.73. The van der Waals surface area contributed by atoms with E-state index in [1.165, 1.54) is 0 Å². The Morgan fingerprint density at radius 1 is 1.25 bits per heavy atom. The first-order valence-corrected chi connectivity index (χ1v) is 7.96. The van der Waals surface area contributed by atoms with Crippen LogP contribution in [0.3, 0.4) is 0 Å². The number of benzene rings is 1. The Balaban J connectivity index is 2.11. The Morgan fingerprint density at radius 2 is 1.90 bits per heavy atom. The van der Waals surface area contributed by atoms with Crippen LogP contribution in [0, 0.1) is 13.8 Å². The minimum atomic E-state index is -3.53. The fourth-order valence-electron chi connectivity index (χ4n) is 2.14. The van der Waals surface area contributed by atoms with Gasteiger partial charge in [-0.1, -0.05) is 37.3 Å². The van der Waals surface area contributed by atoms with Gasteiger partial charge in [0.05, 0.1) is 11.4 Å². The zero-order valence-corrected chi connectivity index (χ0v) is 12.7. The number of rotatable bonds is 5. The second-order valence-corrected chi connectivity index (χ2v) is 6.63. The number of aromatic nitrogens is 2. The molecule has 5 nitrogen and oxygen atoms in total. The molecule has 2 aromatic rings. The highest BCUT2D eigenvalue weighted by molar-refractivity contribution is 7.89. The molecule has 0 aliphatic heterocycles. The Labute approximate surface area is 119 Å². The molecule has 0 saturated carbocycles. The van der Waals surface area contributed by atoms with Crippen LogP contribution in [0.5, 0.6) is 0 Å². The van der Waals surface area contributed by atoms with E-state index in [1.54, 1.807) is 13.8 Å². The van der Waals surface area contributed by atoms with Crippen molar-refractivity contribution < 1.29 is 8.42 Å². The molecule has 0 radical (unpaired) electrons. The van der Waals surface area contributed by atoms with Gasteiger partial charge < -0.3 is 0 Å². The Morgan fingerprint density at radius 3 is 2.45 bits per heavy atom. The highest BCUT2D eigenvalue weighted by Gasteiger charge is 2.22. The summed E-state index contributed by atoms with van der Waals surface area (Å²) in [7, 11) is -3.53. The summed E-state index contributed by atoms with van der Waals surface area (Å²) in [6.07, 6.45) is 0. The minimum absolute atomic E-state index is 0.110. The fourth-order valence-corrected chi connectivity index (χ4v) is 3.64. The van der Waals surface area contributed by atoms with E-state index < -0.39 is 10.0 Å². The molecule has 0 bridgehead atoms. The fraction of sp³-hybridized carbons (Fsp3) is 0.357. The van der Waals surface area contributed by atoms with E-state index in [0.717, 1.165) is 5.56 Å². The summed E-state index contributed by atoms with van der Waals surface area (Å²) >= 11 is 0. The van der Waals surface area contributed by atoms with E-state index in [4.69, 9.17) is 0 Å². The molecule has 0 aliphatic carbocycles. The van der Waals surface area contributed by atoms with Crippen LogP contribution in [0.4, 0.5) is 0 Å². The number of H-pyrrole nitrogens is 1. The number of aryl methyl sites for hydroxylation is 2. The van der Waals surface area contributed by atoms with Crippen molar-refractivity contribution in [3.8, 4) is 0 Å². The summed E-state index contributed by atoms with van der Waals surface area (Å²) < 4.78 is 27.3. The van der Waals surface area contributed by atoms with E-state index in [9.17, 15) is 8.42 Å². The molecule has 0 aliphatic rings. The Bertz CT molecular complexity index is 658. The topological polar surface area (TPSA) is 74.8 Å². The minimum Gasteiger partial charge on any atom is -0.281 e. The molecule has 0 saturated heterocycles. The van der Waals surface area contributed by atoms with Gasteiger partial charge in [-0.05, 0) is 25.3 Å². The van der Waals surface area contributed by atoms with E-state index in [0.29, 0.717) is 17.9 Å². The van der Waals surface area contributed by atoms with Gasteiger partial charge in [0.15, 0.2) is 0 Å². The van der Waals surface area contributed by atoms with E-state index >= 15 is 0 Å². The van der Waals surface area contributed by atoms with Gasteiger partial charge >= 0.3 is 0 Å². The van der Waals surface area contributed by atoms with Crippen molar-refractivity contribution in [2.45, 2.75) is 31.6 Å².